The lowest BCUT2D eigenvalue weighted by Crippen LogP contribution is -2.32. The van der Waals surface area contributed by atoms with Gasteiger partial charge in [-0.05, 0) is 95.4 Å². The molecule has 2 aromatic carbocycles. The van der Waals surface area contributed by atoms with Crippen LogP contribution < -0.4 is 5.73 Å². The molecular formula is C23H26F2N2S. The van der Waals surface area contributed by atoms with Gasteiger partial charge in [0.2, 0.25) is 0 Å². The Bertz CT molecular complexity index is 895. The fourth-order valence-corrected chi connectivity index (χ4v) is 5.69. The third-order valence-corrected chi connectivity index (χ3v) is 7.61. The van der Waals surface area contributed by atoms with E-state index in [4.69, 9.17) is 5.73 Å². The largest absolute Gasteiger partial charge is 0.399 e. The van der Waals surface area contributed by atoms with Gasteiger partial charge in [-0.15, -0.1) is 0 Å². The molecule has 0 atom stereocenters. The van der Waals surface area contributed by atoms with Crippen LogP contribution in [0.25, 0.3) is 0 Å². The van der Waals surface area contributed by atoms with Gasteiger partial charge in [0.05, 0.1) is 0 Å². The van der Waals surface area contributed by atoms with Crippen LogP contribution in [-0.2, 0) is 6.54 Å². The van der Waals surface area contributed by atoms with E-state index in [0.29, 0.717) is 5.92 Å². The van der Waals surface area contributed by atoms with Crippen molar-refractivity contribution in [3.8, 4) is 0 Å². The number of nitrogens with two attached hydrogens (primary N) is 1. The summed E-state index contributed by atoms with van der Waals surface area (Å²) in [6, 6.07) is 14.4. The number of allylic oxidation sites excluding steroid dienone is 2. The third-order valence-electron chi connectivity index (χ3n) is 5.70. The van der Waals surface area contributed by atoms with E-state index in [9.17, 15) is 8.78 Å². The molecule has 4 rings (SSSR count). The number of hydrogen-bond acceptors (Lipinski definition) is 2. The molecule has 5 heteroatoms. The van der Waals surface area contributed by atoms with Crippen LogP contribution in [0.5, 0.6) is 0 Å². The van der Waals surface area contributed by atoms with Crippen molar-refractivity contribution in [2.75, 3.05) is 18.8 Å². The highest BCUT2D eigenvalue weighted by atomic mass is 32.2. The van der Waals surface area contributed by atoms with Gasteiger partial charge >= 0.3 is 0 Å². The lowest BCUT2D eigenvalue weighted by molar-refractivity contribution is 0.204. The molecule has 28 heavy (non-hydrogen) atoms. The van der Waals surface area contributed by atoms with Crippen molar-refractivity contribution >= 4 is 16.6 Å². The van der Waals surface area contributed by atoms with Crippen LogP contribution in [0.2, 0.25) is 0 Å². The highest BCUT2D eigenvalue weighted by molar-refractivity contribution is 8.22. The maximum atomic E-state index is 13.3. The number of hydrogen-bond donors (Lipinski definition) is 2. The van der Waals surface area contributed by atoms with E-state index >= 15 is 0 Å². The zero-order chi connectivity index (χ0) is 19.7. The van der Waals surface area contributed by atoms with E-state index < -0.39 is 22.5 Å². The number of nitrogens with zero attached hydrogens (tertiary/aromatic N) is 1. The van der Waals surface area contributed by atoms with Crippen molar-refractivity contribution < 1.29 is 8.78 Å². The summed E-state index contributed by atoms with van der Waals surface area (Å²) in [5, 5.41) is 2.78. The molecule has 0 bridgehead atoms. The SMILES string of the molecule is Cc1ccc(N)cc1C1CCN(Cc2ccc([SH]3C=C(F)C(F)=C3)cc2)CC1. The quantitative estimate of drug-likeness (QED) is 0.490. The molecule has 0 radical (unpaired) electrons. The predicted molar refractivity (Wildman–Crippen MR) is 115 cm³/mol. The first kappa shape index (κ1) is 19.2. The van der Waals surface area contributed by atoms with Gasteiger partial charge in [0.1, 0.15) is 0 Å². The number of aryl methyl sites for hydroxylation is 1. The number of halogens is 2. The molecule has 0 amide bonds. The molecule has 0 unspecified atom stereocenters. The van der Waals surface area contributed by atoms with E-state index in [1.165, 1.54) is 27.5 Å². The Morgan fingerprint density at radius 1 is 1.00 bits per heavy atom. The Morgan fingerprint density at radius 3 is 2.29 bits per heavy atom. The van der Waals surface area contributed by atoms with Gasteiger partial charge in [0.25, 0.3) is 0 Å². The van der Waals surface area contributed by atoms with Crippen molar-refractivity contribution in [1.29, 1.82) is 0 Å². The summed E-state index contributed by atoms with van der Waals surface area (Å²) in [5.41, 5.74) is 10.8. The fourth-order valence-electron chi connectivity index (χ4n) is 4.09. The van der Waals surface area contributed by atoms with Crippen LogP contribution in [0.1, 0.15) is 35.4 Å². The standard InChI is InChI=1S/C23H26F2N2S/c1-16-2-5-19(26)12-21(16)18-8-10-27(11-9-18)13-17-3-6-20(7-4-17)28-14-22(24)23(25)15-28/h2-7,12,14-15,18,28H,8-11,13,26H2,1H3. The number of likely N-dealkylation sites (tertiary alicyclic amines) is 1. The van der Waals surface area contributed by atoms with Crippen LogP contribution in [0.15, 0.2) is 69.8 Å². The van der Waals surface area contributed by atoms with E-state index in [2.05, 4.69) is 36.1 Å². The summed E-state index contributed by atoms with van der Waals surface area (Å²) in [5.74, 6) is -0.877. The van der Waals surface area contributed by atoms with Crippen molar-refractivity contribution in [3.05, 3.63) is 81.6 Å². The second-order valence-corrected chi connectivity index (χ2v) is 9.54. The zero-order valence-corrected chi connectivity index (χ0v) is 16.9. The van der Waals surface area contributed by atoms with Gasteiger partial charge < -0.3 is 5.73 Å². The first-order valence-corrected chi connectivity index (χ1v) is 11.2. The average Bonchev–Trinajstić information content (AvgIpc) is 3.04. The molecule has 0 aromatic heterocycles. The Balaban J connectivity index is 1.34. The van der Waals surface area contributed by atoms with Crippen LogP contribution in [-0.4, -0.2) is 18.0 Å². The Hall–Kier alpha value is -2.11. The van der Waals surface area contributed by atoms with Gasteiger partial charge in [0, 0.05) is 12.2 Å². The molecule has 2 heterocycles. The van der Waals surface area contributed by atoms with Crippen LogP contribution in [0.3, 0.4) is 0 Å². The maximum absolute atomic E-state index is 13.3. The van der Waals surface area contributed by atoms with Crippen LogP contribution in [0.4, 0.5) is 14.5 Å². The van der Waals surface area contributed by atoms with E-state index in [0.717, 1.165) is 43.1 Å². The Kier molecular flexibility index (Phi) is 5.56. The summed E-state index contributed by atoms with van der Waals surface area (Å²) in [6.07, 6.45) is 2.28. The number of anilines is 1. The molecule has 2 aliphatic heterocycles. The third kappa shape index (κ3) is 4.15. The molecule has 1 fully saturated rings. The zero-order valence-electron chi connectivity index (χ0n) is 16.0. The molecule has 0 saturated carbocycles. The number of benzene rings is 2. The topological polar surface area (TPSA) is 29.3 Å². The monoisotopic (exact) mass is 400 g/mol. The Labute approximate surface area is 168 Å². The number of thiol groups is 1. The second kappa shape index (κ2) is 8.10. The van der Waals surface area contributed by atoms with Crippen molar-refractivity contribution in [1.82, 2.24) is 4.90 Å². The molecule has 2 nitrogen and oxygen atoms in total. The molecule has 1 saturated heterocycles. The minimum atomic E-state index is -0.986. The maximum Gasteiger partial charge on any atom is 0.164 e. The summed E-state index contributed by atoms with van der Waals surface area (Å²) < 4.78 is 26.5. The lowest BCUT2D eigenvalue weighted by atomic mass is 9.86. The van der Waals surface area contributed by atoms with Gasteiger partial charge in [-0.1, -0.05) is 18.2 Å². The van der Waals surface area contributed by atoms with Crippen molar-refractivity contribution in [2.24, 2.45) is 0 Å². The van der Waals surface area contributed by atoms with E-state index in [1.807, 2.05) is 18.2 Å². The van der Waals surface area contributed by atoms with E-state index in [-0.39, 0.29) is 0 Å². The predicted octanol–water partition coefficient (Wildman–Crippen LogP) is 5.95. The second-order valence-electron chi connectivity index (χ2n) is 7.69. The van der Waals surface area contributed by atoms with Crippen LogP contribution >= 0.6 is 10.9 Å². The first-order valence-electron chi connectivity index (χ1n) is 9.70. The Morgan fingerprint density at radius 2 is 1.64 bits per heavy atom. The lowest BCUT2D eigenvalue weighted by Gasteiger charge is -2.33. The molecule has 0 spiro atoms. The molecule has 0 aliphatic carbocycles. The summed E-state index contributed by atoms with van der Waals surface area (Å²) in [6.45, 7) is 5.20. The number of piperidine rings is 1. The fraction of sp³-hybridized carbons (Fsp3) is 0.304. The molecule has 2 N–H and O–H groups in total. The first-order chi connectivity index (χ1) is 13.5. The van der Waals surface area contributed by atoms with Gasteiger partial charge in [-0.25, -0.2) is 8.78 Å². The number of rotatable bonds is 4. The highest BCUT2D eigenvalue weighted by Crippen LogP contribution is 2.47. The number of nitrogen functional groups attached to an aromatic ring is 1. The van der Waals surface area contributed by atoms with Crippen molar-refractivity contribution in [2.45, 2.75) is 37.1 Å². The van der Waals surface area contributed by atoms with E-state index in [1.54, 1.807) is 0 Å². The normalized spacial score (nSPS) is 19.6. The molecular weight excluding hydrogens is 374 g/mol. The molecule has 2 aliphatic rings. The molecule has 148 valence electrons. The minimum absolute atomic E-state index is 0.579. The highest BCUT2D eigenvalue weighted by Gasteiger charge is 2.22. The molecule has 2 aromatic rings. The van der Waals surface area contributed by atoms with Gasteiger partial charge in [-0.3, -0.25) is 4.90 Å². The summed E-state index contributed by atoms with van der Waals surface area (Å²) >= 11 is 0. The van der Waals surface area contributed by atoms with Gasteiger partial charge in [0.15, 0.2) is 11.7 Å². The smallest absolute Gasteiger partial charge is 0.164 e. The van der Waals surface area contributed by atoms with Crippen molar-refractivity contribution in [3.63, 3.8) is 0 Å². The minimum Gasteiger partial charge on any atom is -0.399 e. The summed E-state index contributed by atoms with van der Waals surface area (Å²) in [4.78, 5) is 3.46. The van der Waals surface area contributed by atoms with Crippen LogP contribution in [0, 0.1) is 6.92 Å². The summed E-state index contributed by atoms with van der Waals surface area (Å²) in [7, 11) is -0.986. The van der Waals surface area contributed by atoms with Gasteiger partial charge in [-0.2, -0.15) is 10.9 Å². The average molecular weight is 401 g/mol.